The molecule has 5 heteroatoms. The largest absolute Gasteiger partial charge is 0.346 e. The summed E-state index contributed by atoms with van der Waals surface area (Å²) >= 11 is 7.85. The van der Waals surface area contributed by atoms with Crippen LogP contribution in [0, 0.1) is 0 Å². The Bertz CT molecular complexity index is 804. The molecule has 0 saturated carbocycles. The first-order chi connectivity index (χ1) is 11.4. The molecular weight excluding hydrogens is 340 g/mol. The van der Waals surface area contributed by atoms with E-state index in [2.05, 4.69) is 23.3 Å². The molecule has 2 heterocycles. The Morgan fingerprint density at radius 3 is 2.42 bits per heavy atom. The van der Waals surface area contributed by atoms with Gasteiger partial charge in [-0.05, 0) is 49.9 Å². The summed E-state index contributed by atoms with van der Waals surface area (Å²) in [5.41, 5.74) is 0.766. The molecule has 1 N–H and O–H groups in total. The summed E-state index contributed by atoms with van der Waals surface area (Å²) < 4.78 is 2.32. The number of amidine groups is 1. The van der Waals surface area contributed by atoms with Crippen LogP contribution in [0.4, 0.5) is 5.69 Å². The Labute approximate surface area is 151 Å². The summed E-state index contributed by atoms with van der Waals surface area (Å²) in [4.78, 5) is 2.07. The Hall–Kier alpha value is -1.49. The molecule has 2 aliphatic heterocycles. The van der Waals surface area contributed by atoms with E-state index in [1.807, 2.05) is 54.6 Å². The van der Waals surface area contributed by atoms with Crippen molar-refractivity contribution in [3.8, 4) is 0 Å². The summed E-state index contributed by atoms with van der Waals surface area (Å²) in [7, 11) is 0. The summed E-state index contributed by atoms with van der Waals surface area (Å²) in [5, 5.41) is 13.5. The van der Waals surface area contributed by atoms with Crippen LogP contribution in [0.5, 0.6) is 0 Å². The van der Waals surface area contributed by atoms with Crippen molar-refractivity contribution in [2.45, 2.75) is 25.1 Å². The maximum absolute atomic E-state index is 11.7. The smallest absolute Gasteiger partial charge is 0.317 e. The van der Waals surface area contributed by atoms with Crippen LogP contribution in [-0.4, -0.2) is 32.7 Å². The molecule has 124 valence electrons. The fourth-order valence-corrected chi connectivity index (χ4v) is 5.03. The summed E-state index contributed by atoms with van der Waals surface area (Å²) in [6.07, 6.45) is 0. The van der Waals surface area contributed by atoms with E-state index in [0.29, 0.717) is 11.6 Å². The lowest BCUT2D eigenvalue weighted by Gasteiger charge is -2.30. The first-order valence-corrected chi connectivity index (χ1v) is 9.39. The van der Waals surface area contributed by atoms with Gasteiger partial charge < -0.3 is 5.11 Å². The van der Waals surface area contributed by atoms with Crippen LogP contribution in [0.15, 0.2) is 54.6 Å². The van der Waals surface area contributed by atoms with Crippen LogP contribution in [-0.2, 0) is 5.72 Å². The molecule has 4 rings (SSSR count). The van der Waals surface area contributed by atoms with Gasteiger partial charge in [-0.2, -0.15) is 4.90 Å². The molecule has 0 amide bonds. The lowest BCUT2D eigenvalue weighted by atomic mass is 9.99. The number of nitrogens with zero attached hydrogens (tertiary/aromatic N) is 2. The second-order valence-corrected chi connectivity index (χ2v) is 8.34. The normalized spacial score (nSPS) is 25.2. The highest BCUT2D eigenvalue weighted by molar-refractivity contribution is 8.14. The molecule has 2 aromatic carbocycles. The zero-order chi connectivity index (χ0) is 16.9. The summed E-state index contributed by atoms with van der Waals surface area (Å²) in [6.45, 7) is 4.99. The molecular formula is C19H20ClN2OS+. The second-order valence-electron chi connectivity index (χ2n) is 6.96. The quantitative estimate of drug-likeness (QED) is 0.824. The molecule has 2 aromatic rings. The molecule has 0 bridgehead atoms. The van der Waals surface area contributed by atoms with Gasteiger partial charge in [0.2, 0.25) is 0 Å². The summed E-state index contributed by atoms with van der Waals surface area (Å²) in [6, 6.07) is 17.6. The van der Waals surface area contributed by atoms with Crippen molar-refractivity contribution in [2.75, 3.05) is 17.2 Å². The number of hydrogen-bond acceptors (Lipinski definition) is 3. The maximum atomic E-state index is 11.7. The number of benzene rings is 2. The first kappa shape index (κ1) is 16.0. The molecule has 2 aliphatic rings. The average Bonchev–Trinajstić information content (AvgIpc) is 3.03. The molecule has 0 saturated heterocycles. The number of anilines is 1. The van der Waals surface area contributed by atoms with Gasteiger partial charge in [0.1, 0.15) is 11.2 Å². The van der Waals surface area contributed by atoms with Crippen LogP contribution < -0.4 is 4.90 Å². The number of hydrogen-bond donors (Lipinski definition) is 1. The first-order valence-electron chi connectivity index (χ1n) is 8.03. The zero-order valence-corrected chi connectivity index (χ0v) is 15.3. The predicted molar refractivity (Wildman–Crippen MR) is 101 cm³/mol. The van der Waals surface area contributed by atoms with Gasteiger partial charge >= 0.3 is 5.17 Å². The van der Waals surface area contributed by atoms with Crippen LogP contribution in [0.25, 0.3) is 0 Å². The second kappa shape index (κ2) is 5.51. The molecule has 0 aromatic heterocycles. The number of para-hydroxylation sites is 1. The van der Waals surface area contributed by atoms with Gasteiger partial charge in [0.25, 0.3) is 5.72 Å². The van der Waals surface area contributed by atoms with Gasteiger partial charge in [-0.3, -0.25) is 0 Å². The fraction of sp³-hybridized carbons (Fsp3) is 0.316. The highest BCUT2D eigenvalue weighted by atomic mass is 35.5. The van der Waals surface area contributed by atoms with E-state index in [4.69, 9.17) is 11.6 Å². The van der Waals surface area contributed by atoms with Crippen molar-refractivity contribution < 1.29 is 9.68 Å². The highest BCUT2D eigenvalue weighted by Gasteiger charge is 2.60. The van der Waals surface area contributed by atoms with Crippen molar-refractivity contribution in [2.24, 2.45) is 0 Å². The predicted octanol–water partition coefficient (Wildman–Crippen LogP) is 3.90. The van der Waals surface area contributed by atoms with Crippen LogP contribution in [0.1, 0.15) is 19.4 Å². The van der Waals surface area contributed by atoms with E-state index in [1.54, 1.807) is 11.8 Å². The minimum absolute atomic E-state index is 0.0178. The van der Waals surface area contributed by atoms with Crippen molar-refractivity contribution >= 4 is 34.2 Å². The van der Waals surface area contributed by atoms with Crippen LogP contribution in [0.2, 0.25) is 5.02 Å². The minimum Gasteiger partial charge on any atom is -0.346 e. The van der Waals surface area contributed by atoms with E-state index in [9.17, 15) is 5.11 Å². The Kier molecular flexibility index (Phi) is 3.68. The average molecular weight is 360 g/mol. The lowest BCUT2D eigenvalue weighted by Crippen LogP contribution is -2.48. The van der Waals surface area contributed by atoms with Gasteiger partial charge in [-0.25, -0.2) is 4.58 Å². The molecule has 3 nitrogen and oxygen atoms in total. The van der Waals surface area contributed by atoms with Gasteiger partial charge in [0.05, 0.1) is 0 Å². The lowest BCUT2D eigenvalue weighted by molar-refractivity contribution is -0.594. The van der Waals surface area contributed by atoms with Gasteiger partial charge in [0, 0.05) is 16.3 Å². The molecule has 24 heavy (non-hydrogen) atoms. The monoisotopic (exact) mass is 359 g/mol. The third-order valence-corrected chi connectivity index (χ3v) is 6.54. The molecule has 1 unspecified atom stereocenters. The Balaban J connectivity index is 1.87. The molecule has 0 spiro atoms. The fourth-order valence-electron chi connectivity index (χ4n) is 3.41. The third-order valence-electron chi connectivity index (χ3n) is 4.78. The van der Waals surface area contributed by atoms with Gasteiger partial charge in [-0.15, -0.1) is 0 Å². The van der Waals surface area contributed by atoms with Crippen molar-refractivity contribution in [1.29, 1.82) is 0 Å². The van der Waals surface area contributed by atoms with Crippen molar-refractivity contribution in [1.82, 2.24) is 0 Å². The van der Waals surface area contributed by atoms with E-state index in [-0.39, 0.29) is 5.54 Å². The molecule has 0 fully saturated rings. The van der Waals surface area contributed by atoms with Crippen LogP contribution in [0.3, 0.4) is 0 Å². The minimum atomic E-state index is -1.11. The van der Waals surface area contributed by atoms with Gasteiger partial charge in [0.15, 0.2) is 6.54 Å². The van der Waals surface area contributed by atoms with Crippen molar-refractivity contribution in [3.05, 3.63) is 65.2 Å². The van der Waals surface area contributed by atoms with Gasteiger partial charge in [-0.1, -0.05) is 41.9 Å². The van der Waals surface area contributed by atoms with E-state index in [1.165, 1.54) is 0 Å². The number of thioether (sulfide) groups is 1. The Morgan fingerprint density at radius 2 is 1.75 bits per heavy atom. The Morgan fingerprint density at radius 1 is 1.08 bits per heavy atom. The standard InChI is InChI=1S/C19H20ClN2OS/c1-18(2)13-24-17-21(18)12-19(23,14-8-10-15(20)11-9-14)22(17)16-6-4-3-5-7-16/h3-11,23H,12-13H2,1-2H3/q+1. The number of halogens is 1. The molecule has 0 radical (unpaired) electrons. The number of aliphatic hydroxyl groups is 1. The molecule has 0 aliphatic carbocycles. The number of β-amino-alcohol motifs (C(OH)–C–C–N with tert-alkyl or cyclic N) is 1. The topological polar surface area (TPSA) is 26.5 Å². The maximum Gasteiger partial charge on any atom is 0.317 e. The van der Waals surface area contributed by atoms with Crippen molar-refractivity contribution in [3.63, 3.8) is 0 Å². The zero-order valence-electron chi connectivity index (χ0n) is 13.7. The summed E-state index contributed by atoms with van der Waals surface area (Å²) in [5.74, 6) is 1.02. The highest BCUT2D eigenvalue weighted by Crippen LogP contribution is 2.44. The number of rotatable bonds is 2. The van der Waals surface area contributed by atoms with E-state index < -0.39 is 5.72 Å². The van der Waals surface area contributed by atoms with Crippen LogP contribution >= 0.6 is 23.4 Å². The third kappa shape index (κ3) is 2.36. The SMILES string of the molecule is CC1(C)CSC2=[N+]1CC(O)(c1ccc(Cl)cc1)N2c1ccccc1. The molecule has 1 atom stereocenters. The van der Waals surface area contributed by atoms with E-state index in [0.717, 1.165) is 22.2 Å². The van der Waals surface area contributed by atoms with E-state index >= 15 is 0 Å².